The van der Waals surface area contributed by atoms with Crippen molar-refractivity contribution >= 4 is 39.2 Å². The summed E-state index contributed by atoms with van der Waals surface area (Å²) >= 11 is 3.94. The molecule has 2 atom stereocenters. The molecule has 0 unspecified atom stereocenters. The second kappa shape index (κ2) is 7.38. The van der Waals surface area contributed by atoms with Gasteiger partial charge in [-0.05, 0) is 68.8 Å². The van der Waals surface area contributed by atoms with Crippen LogP contribution >= 0.6 is 15.9 Å². The summed E-state index contributed by atoms with van der Waals surface area (Å²) in [5.41, 5.74) is 0.652. The number of benzene rings is 1. The van der Waals surface area contributed by atoms with Crippen LogP contribution in [0.1, 0.15) is 50.5 Å². The molecule has 1 amide bonds. The first-order chi connectivity index (χ1) is 13.7. The number of ether oxygens (including phenoxy) is 1. The van der Waals surface area contributed by atoms with Crippen molar-refractivity contribution in [3.8, 4) is 0 Å². The van der Waals surface area contributed by atoms with Crippen molar-refractivity contribution in [2.24, 2.45) is 17.3 Å². The van der Waals surface area contributed by atoms with Gasteiger partial charge in [-0.1, -0.05) is 22.0 Å². The van der Waals surface area contributed by atoms with E-state index >= 15 is 0 Å². The Morgan fingerprint density at radius 3 is 2.59 bits per heavy atom. The number of carbonyl (C=O) groups is 2. The number of nitro groups is 1. The normalized spacial score (nSPS) is 32.1. The fourth-order valence-corrected chi connectivity index (χ4v) is 7.70. The molecule has 8 heteroatoms. The Labute approximate surface area is 177 Å². The van der Waals surface area contributed by atoms with Gasteiger partial charge in [0.05, 0.1) is 22.6 Å². The molecule has 0 aliphatic heterocycles. The number of carbonyl (C=O) groups excluding carboxylic acids is 2. The average Bonchev–Trinajstić information content (AvgIpc) is 2.59. The summed E-state index contributed by atoms with van der Waals surface area (Å²) in [6.07, 6.45) is 7.18. The number of esters is 1. The van der Waals surface area contributed by atoms with Crippen molar-refractivity contribution in [2.45, 2.75) is 56.2 Å². The maximum atomic E-state index is 12.5. The van der Waals surface area contributed by atoms with Crippen LogP contribution in [-0.2, 0) is 14.3 Å². The lowest BCUT2D eigenvalue weighted by Crippen LogP contribution is -2.53. The van der Waals surface area contributed by atoms with Crippen LogP contribution in [0.5, 0.6) is 0 Å². The van der Waals surface area contributed by atoms with Gasteiger partial charge in [0, 0.05) is 10.4 Å². The monoisotopic (exact) mass is 464 g/mol. The quantitative estimate of drug-likeness (QED) is 0.289. The zero-order valence-corrected chi connectivity index (χ0v) is 18.0. The fourth-order valence-electron chi connectivity index (χ4n) is 6.19. The number of alkyl halides is 1. The van der Waals surface area contributed by atoms with Gasteiger partial charge < -0.3 is 10.1 Å². The molecule has 156 valence electrons. The topological polar surface area (TPSA) is 98.5 Å². The molecule has 4 bridgehead atoms. The van der Waals surface area contributed by atoms with Crippen molar-refractivity contribution in [3.05, 3.63) is 33.9 Å². The van der Waals surface area contributed by atoms with Gasteiger partial charge in [0.15, 0.2) is 6.61 Å². The molecule has 29 heavy (non-hydrogen) atoms. The molecule has 7 nitrogen and oxygen atoms in total. The smallest absolute Gasteiger partial charge is 0.306 e. The Morgan fingerprint density at radius 2 is 1.97 bits per heavy atom. The van der Waals surface area contributed by atoms with Gasteiger partial charge in [0.1, 0.15) is 0 Å². The van der Waals surface area contributed by atoms with E-state index < -0.39 is 10.8 Å². The van der Waals surface area contributed by atoms with Crippen molar-refractivity contribution in [3.63, 3.8) is 0 Å². The van der Waals surface area contributed by atoms with Crippen molar-refractivity contribution in [1.82, 2.24) is 0 Å². The van der Waals surface area contributed by atoms with E-state index in [0.717, 1.165) is 19.3 Å². The maximum Gasteiger partial charge on any atom is 0.306 e. The van der Waals surface area contributed by atoms with E-state index in [1.807, 2.05) is 0 Å². The summed E-state index contributed by atoms with van der Waals surface area (Å²) in [7, 11) is 0. The largest absolute Gasteiger partial charge is 0.456 e. The zero-order valence-electron chi connectivity index (χ0n) is 16.4. The lowest BCUT2D eigenvalue weighted by molar-refractivity contribution is -0.385. The SMILES string of the molecule is Cc1c(NC(=O)COC(=O)CC23C[C@H]4C[C@@H](CC(Br)(C4)C2)C3)cccc1[N+](=O)[O-]. The third kappa shape index (κ3) is 4.17. The molecule has 4 aliphatic carbocycles. The molecule has 4 aliphatic rings. The highest BCUT2D eigenvalue weighted by Crippen LogP contribution is 2.65. The zero-order chi connectivity index (χ0) is 20.8. The summed E-state index contributed by atoms with van der Waals surface area (Å²) in [5, 5.41) is 13.6. The summed E-state index contributed by atoms with van der Waals surface area (Å²) in [5.74, 6) is 0.533. The molecule has 0 saturated heterocycles. The number of anilines is 1. The van der Waals surface area contributed by atoms with E-state index in [9.17, 15) is 19.7 Å². The lowest BCUT2D eigenvalue weighted by atomic mass is 9.49. The first kappa shape index (κ1) is 20.3. The molecule has 4 saturated carbocycles. The Bertz CT molecular complexity index is 857. The van der Waals surface area contributed by atoms with E-state index in [2.05, 4.69) is 21.2 Å². The van der Waals surface area contributed by atoms with Crippen LogP contribution in [0, 0.1) is 34.3 Å². The molecule has 5 rings (SSSR count). The predicted molar refractivity (Wildman–Crippen MR) is 111 cm³/mol. The Balaban J connectivity index is 1.32. The highest BCUT2D eigenvalue weighted by atomic mass is 79.9. The predicted octanol–water partition coefficient (Wildman–Crippen LogP) is 4.51. The van der Waals surface area contributed by atoms with Crippen LogP contribution in [0.25, 0.3) is 0 Å². The minimum absolute atomic E-state index is 0.00221. The van der Waals surface area contributed by atoms with E-state index in [1.54, 1.807) is 13.0 Å². The Kier molecular flexibility index (Phi) is 5.17. The number of amides is 1. The first-order valence-corrected chi connectivity index (χ1v) is 10.8. The number of hydrogen-bond acceptors (Lipinski definition) is 5. The molecular formula is C21H25BrN2O5. The fraction of sp³-hybridized carbons (Fsp3) is 0.619. The van der Waals surface area contributed by atoms with Gasteiger partial charge in [0.2, 0.25) is 0 Å². The molecule has 0 aromatic heterocycles. The first-order valence-electron chi connectivity index (χ1n) is 10.1. The van der Waals surface area contributed by atoms with E-state index in [4.69, 9.17) is 4.74 Å². The molecule has 4 fully saturated rings. The number of nitro benzene ring substituents is 1. The van der Waals surface area contributed by atoms with Crippen LogP contribution in [-0.4, -0.2) is 27.7 Å². The molecule has 1 aromatic carbocycles. The van der Waals surface area contributed by atoms with Gasteiger partial charge in [-0.15, -0.1) is 0 Å². The molecule has 1 aromatic rings. The van der Waals surface area contributed by atoms with E-state index in [1.165, 1.54) is 31.4 Å². The minimum Gasteiger partial charge on any atom is -0.456 e. The summed E-state index contributed by atoms with van der Waals surface area (Å²) in [6.45, 7) is 1.19. The number of rotatable bonds is 6. The van der Waals surface area contributed by atoms with Gasteiger partial charge >= 0.3 is 5.97 Å². The molecule has 0 spiro atoms. The van der Waals surface area contributed by atoms with Crippen molar-refractivity contribution in [1.29, 1.82) is 0 Å². The molecule has 0 radical (unpaired) electrons. The van der Waals surface area contributed by atoms with Gasteiger partial charge in [0.25, 0.3) is 11.6 Å². The van der Waals surface area contributed by atoms with Crippen LogP contribution in [0.4, 0.5) is 11.4 Å². The number of hydrogen-bond donors (Lipinski definition) is 1. The second-order valence-electron chi connectivity index (χ2n) is 9.20. The van der Waals surface area contributed by atoms with Crippen molar-refractivity contribution < 1.29 is 19.2 Å². The summed E-state index contributed by atoms with van der Waals surface area (Å²) < 4.78 is 5.44. The van der Waals surface area contributed by atoms with Crippen LogP contribution in [0.2, 0.25) is 0 Å². The maximum absolute atomic E-state index is 12.5. The van der Waals surface area contributed by atoms with Gasteiger partial charge in [-0.3, -0.25) is 19.7 Å². The summed E-state index contributed by atoms with van der Waals surface area (Å²) in [6, 6.07) is 4.48. The Hall–Kier alpha value is -1.96. The van der Waals surface area contributed by atoms with Gasteiger partial charge in [-0.25, -0.2) is 0 Å². The van der Waals surface area contributed by atoms with Crippen LogP contribution in [0.15, 0.2) is 18.2 Å². The van der Waals surface area contributed by atoms with E-state index in [0.29, 0.717) is 29.5 Å². The van der Waals surface area contributed by atoms with Crippen molar-refractivity contribution in [2.75, 3.05) is 11.9 Å². The highest BCUT2D eigenvalue weighted by Gasteiger charge is 2.57. The third-order valence-corrected chi connectivity index (χ3v) is 7.70. The molecule has 0 heterocycles. The lowest BCUT2D eigenvalue weighted by Gasteiger charge is -2.60. The number of halogens is 1. The van der Waals surface area contributed by atoms with Crippen LogP contribution in [0.3, 0.4) is 0 Å². The second-order valence-corrected chi connectivity index (χ2v) is 10.9. The van der Waals surface area contributed by atoms with E-state index in [-0.39, 0.29) is 28.0 Å². The highest BCUT2D eigenvalue weighted by molar-refractivity contribution is 9.10. The molecular weight excluding hydrogens is 440 g/mol. The summed E-state index contributed by atoms with van der Waals surface area (Å²) in [4.78, 5) is 35.2. The van der Waals surface area contributed by atoms with Gasteiger partial charge in [-0.2, -0.15) is 0 Å². The number of nitrogens with one attached hydrogen (secondary N) is 1. The standard InChI is InChI=1S/C21H25BrN2O5/c1-13-16(3-2-4-17(13)24(27)28)23-18(25)11-29-19(26)10-20-6-14-5-15(7-20)9-21(22,8-14)12-20/h2-4,14-15H,5-12H2,1H3,(H,23,25)/t14-,15-,20?,21?/m1/s1. The minimum atomic E-state index is -0.496. The number of nitrogens with zero attached hydrogens (tertiary/aromatic N) is 1. The molecule has 1 N–H and O–H groups in total. The Morgan fingerprint density at radius 1 is 1.28 bits per heavy atom. The third-order valence-electron chi connectivity index (χ3n) is 6.77. The van der Waals surface area contributed by atoms with Crippen LogP contribution < -0.4 is 5.32 Å². The average molecular weight is 465 g/mol.